The average molecular weight is 189 g/mol. The first-order valence-corrected chi connectivity index (χ1v) is 4.38. The minimum Gasteiger partial charge on any atom is -0.281 e. The number of carbonyl (C=O) groups excluding carboxylic acids is 1. The fraction of sp³-hybridized carbons (Fsp3) is 0.200. The van der Waals surface area contributed by atoms with Crippen LogP contribution in [0.2, 0.25) is 0 Å². The van der Waals surface area contributed by atoms with Gasteiger partial charge in [-0.25, -0.2) is 10.0 Å². The number of hydrogen-bond donors (Lipinski definition) is 1. The molecule has 14 heavy (non-hydrogen) atoms. The Hall–Kier alpha value is -1.84. The van der Waals surface area contributed by atoms with Crippen molar-refractivity contribution in [1.29, 1.82) is 0 Å². The van der Waals surface area contributed by atoms with E-state index in [9.17, 15) is 4.79 Å². The molecule has 1 N–H and O–H groups in total. The third-order valence-electron chi connectivity index (χ3n) is 2.08. The molecule has 0 atom stereocenters. The molecule has 0 fully saturated rings. The van der Waals surface area contributed by atoms with E-state index in [1.165, 1.54) is 18.3 Å². The van der Waals surface area contributed by atoms with Crippen LogP contribution in [0.25, 0.3) is 0 Å². The maximum absolute atomic E-state index is 11.3. The lowest BCUT2D eigenvalue weighted by Gasteiger charge is -2.25. The van der Waals surface area contributed by atoms with E-state index >= 15 is 0 Å². The van der Waals surface area contributed by atoms with Crippen LogP contribution in [0.4, 0.5) is 11.4 Å². The summed E-state index contributed by atoms with van der Waals surface area (Å²) in [4.78, 5) is 15.4. The Labute approximate surface area is 82.2 Å². The molecule has 0 spiro atoms. The number of carbonyl (C=O) groups is 1. The summed E-state index contributed by atoms with van der Waals surface area (Å²) < 4.78 is 0. The number of hydrogen-bond acceptors (Lipinski definition) is 3. The first-order valence-electron chi connectivity index (χ1n) is 4.38. The van der Waals surface area contributed by atoms with Gasteiger partial charge in [-0.05, 0) is 24.6 Å². The lowest BCUT2D eigenvalue weighted by molar-refractivity contribution is -0.116. The van der Waals surface area contributed by atoms with E-state index in [2.05, 4.69) is 10.4 Å². The summed E-state index contributed by atoms with van der Waals surface area (Å²) in [5.74, 6) is -0.0528. The van der Waals surface area contributed by atoms with Gasteiger partial charge in [0.05, 0.1) is 11.4 Å². The Kier molecular flexibility index (Phi) is 1.96. The maximum atomic E-state index is 11.3. The molecule has 0 bridgehead atoms. The monoisotopic (exact) mass is 189 g/mol. The summed E-state index contributed by atoms with van der Waals surface area (Å²) >= 11 is 0. The number of amides is 1. The number of rotatable bonds is 0. The summed E-state index contributed by atoms with van der Waals surface area (Å²) in [6.07, 6.45) is 1.51. The molecular weight excluding hydrogens is 178 g/mol. The maximum Gasteiger partial charge on any atom is 0.242 e. The van der Waals surface area contributed by atoms with E-state index in [1.54, 1.807) is 0 Å². The molecule has 4 nitrogen and oxygen atoms in total. The number of benzene rings is 1. The quantitative estimate of drug-likeness (QED) is 0.672. The molecule has 1 aromatic carbocycles. The second kappa shape index (κ2) is 3.14. The predicted octanol–water partition coefficient (Wildman–Crippen LogP) is 1.53. The summed E-state index contributed by atoms with van der Waals surface area (Å²) in [5.41, 5.74) is 5.51. The van der Waals surface area contributed by atoms with Crippen molar-refractivity contribution in [2.24, 2.45) is 4.99 Å². The number of aliphatic imine (C=N–C) groups is 1. The van der Waals surface area contributed by atoms with Gasteiger partial charge in [-0.1, -0.05) is 6.07 Å². The highest BCUT2D eigenvalue weighted by atomic mass is 16.2. The number of aryl methyl sites for hydroxylation is 1. The topological polar surface area (TPSA) is 44.7 Å². The van der Waals surface area contributed by atoms with Gasteiger partial charge in [-0.3, -0.25) is 10.2 Å². The predicted molar refractivity (Wildman–Crippen MR) is 55.6 cm³/mol. The van der Waals surface area contributed by atoms with Gasteiger partial charge in [-0.15, -0.1) is 0 Å². The van der Waals surface area contributed by atoms with Gasteiger partial charge >= 0.3 is 0 Å². The highest BCUT2D eigenvalue weighted by Gasteiger charge is 2.17. The minimum absolute atomic E-state index is 0.0528. The van der Waals surface area contributed by atoms with Gasteiger partial charge in [0.25, 0.3) is 0 Å². The van der Waals surface area contributed by atoms with Gasteiger partial charge in [0.15, 0.2) is 0 Å². The lowest BCUT2D eigenvalue weighted by atomic mass is 10.2. The molecule has 0 saturated carbocycles. The zero-order valence-corrected chi connectivity index (χ0v) is 8.11. The standard InChI is InChI=1S/C10H11N3O/c1-7-3-4-9-10(5-7)13(8(2)14)12-6-11-9/h3-6H,1-2H3,(H,11,12). The van der Waals surface area contributed by atoms with Crippen molar-refractivity contribution >= 4 is 23.6 Å². The van der Waals surface area contributed by atoms with Crippen LogP contribution in [0, 0.1) is 6.92 Å². The number of fused-ring (bicyclic) bond motifs is 1. The van der Waals surface area contributed by atoms with Crippen LogP contribution in [0.1, 0.15) is 12.5 Å². The van der Waals surface area contributed by atoms with Gasteiger partial charge in [0.2, 0.25) is 5.91 Å². The minimum atomic E-state index is -0.0528. The van der Waals surface area contributed by atoms with Crippen LogP contribution in [0.5, 0.6) is 0 Å². The molecule has 1 amide bonds. The Balaban J connectivity index is 2.53. The van der Waals surface area contributed by atoms with Gasteiger partial charge in [0.1, 0.15) is 6.34 Å². The van der Waals surface area contributed by atoms with Crippen molar-refractivity contribution in [2.75, 3.05) is 5.01 Å². The fourth-order valence-corrected chi connectivity index (χ4v) is 1.41. The largest absolute Gasteiger partial charge is 0.281 e. The molecule has 0 radical (unpaired) electrons. The van der Waals surface area contributed by atoms with Crippen molar-refractivity contribution in [2.45, 2.75) is 13.8 Å². The molecule has 1 aliphatic rings. The van der Waals surface area contributed by atoms with E-state index in [0.717, 1.165) is 16.9 Å². The normalized spacial score (nSPS) is 13.4. The highest BCUT2D eigenvalue weighted by molar-refractivity contribution is 5.98. The van der Waals surface area contributed by atoms with E-state index < -0.39 is 0 Å². The Morgan fingerprint density at radius 1 is 1.50 bits per heavy atom. The molecule has 4 heteroatoms. The first kappa shape index (κ1) is 8.74. The van der Waals surface area contributed by atoms with Crippen LogP contribution in [-0.4, -0.2) is 12.2 Å². The van der Waals surface area contributed by atoms with Gasteiger partial charge in [0, 0.05) is 6.92 Å². The zero-order valence-electron chi connectivity index (χ0n) is 8.11. The third-order valence-corrected chi connectivity index (χ3v) is 2.08. The van der Waals surface area contributed by atoms with Gasteiger partial charge in [-0.2, -0.15) is 0 Å². The van der Waals surface area contributed by atoms with Crippen molar-refractivity contribution in [1.82, 2.24) is 5.43 Å². The fourth-order valence-electron chi connectivity index (χ4n) is 1.41. The van der Waals surface area contributed by atoms with Crippen LogP contribution in [-0.2, 0) is 4.79 Å². The molecule has 1 aromatic rings. The molecule has 1 heterocycles. The summed E-state index contributed by atoms with van der Waals surface area (Å²) in [6.45, 7) is 3.50. The number of nitrogens with zero attached hydrogens (tertiary/aromatic N) is 2. The molecule has 1 aliphatic heterocycles. The number of nitrogens with one attached hydrogen (secondary N) is 1. The van der Waals surface area contributed by atoms with E-state index in [0.29, 0.717) is 0 Å². The van der Waals surface area contributed by atoms with Crippen LogP contribution >= 0.6 is 0 Å². The van der Waals surface area contributed by atoms with Crippen molar-refractivity contribution in [3.05, 3.63) is 23.8 Å². The van der Waals surface area contributed by atoms with Crippen LogP contribution in [0.15, 0.2) is 23.2 Å². The molecule has 0 aliphatic carbocycles. The summed E-state index contributed by atoms with van der Waals surface area (Å²) in [7, 11) is 0. The van der Waals surface area contributed by atoms with E-state index in [1.807, 2.05) is 25.1 Å². The molecule has 0 saturated heterocycles. The van der Waals surface area contributed by atoms with Crippen LogP contribution < -0.4 is 10.4 Å². The molecule has 2 rings (SSSR count). The van der Waals surface area contributed by atoms with E-state index in [-0.39, 0.29) is 5.91 Å². The third kappa shape index (κ3) is 1.35. The number of anilines is 1. The number of hydrazine groups is 1. The first-order chi connectivity index (χ1) is 6.68. The average Bonchev–Trinajstić information content (AvgIpc) is 2.16. The molecule has 0 unspecified atom stereocenters. The zero-order chi connectivity index (χ0) is 10.1. The highest BCUT2D eigenvalue weighted by Crippen LogP contribution is 2.30. The second-order valence-corrected chi connectivity index (χ2v) is 3.23. The second-order valence-electron chi connectivity index (χ2n) is 3.23. The van der Waals surface area contributed by atoms with Crippen molar-refractivity contribution in [3.63, 3.8) is 0 Å². The molecular formula is C10H11N3O. The summed E-state index contributed by atoms with van der Waals surface area (Å²) in [5, 5.41) is 1.48. The van der Waals surface area contributed by atoms with Crippen molar-refractivity contribution < 1.29 is 4.79 Å². The molecule has 72 valence electrons. The molecule has 0 aromatic heterocycles. The Bertz CT molecular complexity index is 412. The smallest absolute Gasteiger partial charge is 0.242 e. The van der Waals surface area contributed by atoms with Gasteiger partial charge < -0.3 is 0 Å². The SMILES string of the molecule is CC(=O)N1NC=Nc2ccc(C)cc21. The summed E-state index contributed by atoms with van der Waals surface area (Å²) in [6, 6.07) is 5.80. The van der Waals surface area contributed by atoms with Crippen molar-refractivity contribution in [3.8, 4) is 0 Å². The van der Waals surface area contributed by atoms with Crippen LogP contribution in [0.3, 0.4) is 0 Å². The Morgan fingerprint density at radius 3 is 3.00 bits per heavy atom. The Morgan fingerprint density at radius 2 is 2.29 bits per heavy atom. The lowest BCUT2D eigenvalue weighted by Crippen LogP contribution is -2.42. The van der Waals surface area contributed by atoms with E-state index in [4.69, 9.17) is 0 Å².